The molecule has 24 heavy (non-hydrogen) atoms. The van der Waals surface area contributed by atoms with E-state index >= 15 is 0 Å². The molecule has 0 fully saturated rings. The number of halogens is 1. The minimum Gasteiger partial charge on any atom is -0.366 e. The van der Waals surface area contributed by atoms with Gasteiger partial charge in [0.15, 0.2) is 0 Å². The summed E-state index contributed by atoms with van der Waals surface area (Å²) in [6, 6.07) is 16.6. The van der Waals surface area contributed by atoms with Crippen LogP contribution in [0.15, 0.2) is 48.5 Å². The molecule has 0 bridgehead atoms. The fourth-order valence-corrected chi connectivity index (χ4v) is 3.39. The summed E-state index contributed by atoms with van der Waals surface area (Å²) in [5.41, 5.74) is 9.44. The Balaban J connectivity index is 1.76. The van der Waals surface area contributed by atoms with Crippen LogP contribution in [-0.2, 0) is 0 Å². The fraction of sp³-hybridized carbons (Fsp3) is 0.222. The van der Waals surface area contributed by atoms with Crippen LogP contribution in [0.2, 0.25) is 5.02 Å². The Hall–Kier alpha value is -2.53. The molecule has 2 heterocycles. The van der Waals surface area contributed by atoms with Gasteiger partial charge in [0.25, 0.3) is 0 Å². The zero-order valence-corrected chi connectivity index (χ0v) is 14.0. The zero-order valence-electron chi connectivity index (χ0n) is 13.3. The molecule has 0 aliphatic carbocycles. The van der Waals surface area contributed by atoms with Crippen LogP contribution < -0.4 is 11.1 Å². The molecule has 0 radical (unpaired) electrons. The summed E-state index contributed by atoms with van der Waals surface area (Å²) in [6.45, 7) is 2.10. The highest BCUT2D eigenvalue weighted by Gasteiger charge is 2.30. The van der Waals surface area contributed by atoms with Crippen molar-refractivity contribution in [2.45, 2.75) is 25.4 Å². The molecule has 5 nitrogen and oxygen atoms in total. The lowest BCUT2D eigenvalue weighted by molar-refractivity contribution is 0.431. The third-order valence-electron chi connectivity index (χ3n) is 4.40. The maximum absolute atomic E-state index is 6.01. The topological polar surface area (TPSA) is 68.8 Å². The smallest absolute Gasteiger partial charge is 0.241 e. The lowest BCUT2D eigenvalue weighted by Crippen LogP contribution is -2.28. The molecule has 1 aliphatic rings. The maximum atomic E-state index is 6.01. The van der Waals surface area contributed by atoms with Gasteiger partial charge in [-0.15, -0.1) is 5.10 Å². The van der Waals surface area contributed by atoms with E-state index < -0.39 is 0 Å². The Kier molecular flexibility index (Phi) is 3.65. The summed E-state index contributed by atoms with van der Waals surface area (Å²) in [5, 5.41) is 8.55. The van der Waals surface area contributed by atoms with Gasteiger partial charge in [-0.1, -0.05) is 53.6 Å². The molecule has 4 rings (SSSR count). The predicted molar refractivity (Wildman–Crippen MR) is 96.2 cm³/mol. The molecule has 1 aromatic heterocycles. The Morgan fingerprint density at radius 3 is 2.71 bits per heavy atom. The van der Waals surface area contributed by atoms with Crippen LogP contribution in [0.5, 0.6) is 0 Å². The largest absolute Gasteiger partial charge is 0.366 e. The number of fused-ring (bicyclic) bond motifs is 1. The lowest BCUT2D eigenvalue weighted by Gasteiger charge is -2.31. The second-order valence-electron chi connectivity index (χ2n) is 6.15. The number of nitrogens with two attached hydrogens (primary N) is 1. The molecule has 0 saturated heterocycles. The van der Waals surface area contributed by atoms with Gasteiger partial charge in [-0.05, 0) is 36.6 Å². The Labute approximate surface area is 145 Å². The Morgan fingerprint density at radius 2 is 1.96 bits per heavy atom. The molecule has 2 atom stereocenters. The number of aryl methyl sites for hydroxylation is 1. The van der Waals surface area contributed by atoms with E-state index in [0.717, 1.165) is 11.4 Å². The van der Waals surface area contributed by atoms with Crippen LogP contribution in [0.3, 0.4) is 0 Å². The highest BCUT2D eigenvalue weighted by molar-refractivity contribution is 6.30. The van der Waals surface area contributed by atoms with Crippen LogP contribution in [0.1, 0.15) is 35.2 Å². The quantitative estimate of drug-likeness (QED) is 0.741. The molecule has 0 spiro atoms. The van der Waals surface area contributed by atoms with E-state index in [1.165, 1.54) is 16.7 Å². The molecule has 0 unspecified atom stereocenters. The standard InChI is InChI=1S/C18H18ClN5/c1-11-3-2-4-13(9-11)16-10-15(12-5-7-14(19)8-6-12)21-18-22-17(20)23-24(16)18/h2-9,15-16H,10H2,1H3,(H3,20,21,22,23)/t15-,16-/m0/s1. The normalized spacial score (nSPS) is 19.6. The van der Waals surface area contributed by atoms with Gasteiger partial charge in [-0.2, -0.15) is 4.98 Å². The van der Waals surface area contributed by atoms with E-state index in [1.54, 1.807) is 0 Å². The van der Waals surface area contributed by atoms with Gasteiger partial charge in [-0.25, -0.2) is 4.68 Å². The van der Waals surface area contributed by atoms with Crippen molar-refractivity contribution >= 4 is 23.5 Å². The van der Waals surface area contributed by atoms with Crippen molar-refractivity contribution in [3.8, 4) is 0 Å². The molecule has 0 saturated carbocycles. The van der Waals surface area contributed by atoms with Crippen molar-refractivity contribution < 1.29 is 0 Å². The number of anilines is 2. The molecule has 1 aliphatic heterocycles. The van der Waals surface area contributed by atoms with Crippen LogP contribution in [0, 0.1) is 6.92 Å². The van der Waals surface area contributed by atoms with E-state index in [2.05, 4.69) is 46.6 Å². The van der Waals surface area contributed by atoms with Crippen LogP contribution >= 0.6 is 11.6 Å². The highest BCUT2D eigenvalue weighted by atomic mass is 35.5. The first-order valence-corrected chi connectivity index (χ1v) is 8.28. The number of hydrogen-bond donors (Lipinski definition) is 2. The first-order valence-electron chi connectivity index (χ1n) is 7.91. The van der Waals surface area contributed by atoms with Crippen molar-refractivity contribution in [2.75, 3.05) is 11.1 Å². The lowest BCUT2D eigenvalue weighted by atomic mass is 9.93. The second kappa shape index (κ2) is 5.83. The zero-order chi connectivity index (χ0) is 16.7. The number of rotatable bonds is 2. The van der Waals surface area contributed by atoms with E-state index in [-0.39, 0.29) is 18.0 Å². The summed E-state index contributed by atoms with van der Waals surface area (Å²) in [6.07, 6.45) is 0.862. The average molecular weight is 340 g/mol. The van der Waals surface area contributed by atoms with E-state index in [1.807, 2.05) is 28.9 Å². The SMILES string of the molecule is Cc1cccc([C@@H]2C[C@@H](c3ccc(Cl)cc3)Nc3nc(N)nn32)c1. The molecule has 122 valence electrons. The molecule has 3 N–H and O–H groups in total. The first-order chi connectivity index (χ1) is 11.6. The summed E-state index contributed by atoms with van der Waals surface area (Å²) in [4.78, 5) is 4.34. The van der Waals surface area contributed by atoms with Crippen LogP contribution in [0.4, 0.5) is 11.9 Å². The molecular weight excluding hydrogens is 322 g/mol. The number of benzene rings is 2. The summed E-state index contributed by atoms with van der Waals surface area (Å²) >= 11 is 6.01. The van der Waals surface area contributed by atoms with Crippen molar-refractivity contribution in [1.29, 1.82) is 0 Å². The van der Waals surface area contributed by atoms with Crippen molar-refractivity contribution in [3.63, 3.8) is 0 Å². The average Bonchev–Trinajstić information content (AvgIpc) is 2.94. The number of aromatic nitrogens is 3. The van der Waals surface area contributed by atoms with Crippen LogP contribution in [0.25, 0.3) is 0 Å². The van der Waals surface area contributed by atoms with E-state index in [9.17, 15) is 0 Å². The Morgan fingerprint density at radius 1 is 1.17 bits per heavy atom. The van der Waals surface area contributed by atoms with Gasteiger partial charge >= 0.3 is 0 Å². The molecule has 3 aromatic rings. The molecular formula is C18H18ClN5. The fourth-order valence-electron chi connectivity index (χ4n) is 3.26. The summed E-state index contributed by atoms with van der Waals surface area (Å²) < 4.78 is 1.89. The second-order valence-corrected chi connectivity index (χ2v) is 6.59. The summed E-state index contributed by atoms with van der Waals surface area (Å²) in [7, 11) is 0. The van der Waals surface area contributed by atoms with Gasteiger partial charge in [0.05, 0.1) is 12.1 Å². The molecule has 0 amide bonds. The number of hydrogen-bond acceptors (Lipinski definition) is 4. The first kappa shape index (κ1) is 15.0. The van der Waals surface area contributed by atoms with Crippen molar-refractivity contribution in [2.24, 2.45) is 0 Å². The van der Waals surface area contributed by atoms with Gasteiger partial charge < -0.3 is 11.1 Å². The predicted octanol–water partition coefficient (Wildman–Crippen LogP) is 3.97. The van der Waals surface area contributed by atoms with Crippen LogP contribution in [-0.4, -0.2) is 14.8 Å². The van der Waals surface area contributed by atoms with Gasteiger partial charge in [0.1, 0.15) is 0 Å². The van der Waals surface area contributed by atoms with E-state index in [4.69, 9.17) is 17.3 Å². The van der Waals surface area contributed by atoms with Gasteiger partial charge in [-0.3, -0.25) is 0 Å². The number of nitrogens with one attached hydrogen (secondary N) is 1. The third kappa shape index (κ3) is 2.71. The van der Waals surface area contributed by atoms with Crippen molar-refractivity contribution in [1.82, 2.24) is 14.8 Å². The van der Waals surface area contributed by atoms with Gasteiger partial charge in [0.2, 0.25) is 11.9 Å². The molecule has 2 aromatic carbocycles. The van der Waals surface area contributed by atoms with Gasteiger partial charge in [0, 0.05) is 5.02 Å². The minimum absolute atomic E-state index is 0.0895. The molecule has 6 heteroatoms. The summed E-state index contributed by atoms with van der Waals surface area (Å²) in [5.74, 6) is 0.983. The van der Waals surface area contributed by atoms with E-state index in [0.29, 0.717) is 5.95 Å². The minimum atomic E-state index is 0.0895. The highest BCUT2D eigenvalue weighted by Crippen LogP contribution is 2.38. The number of nitrogen functional groups attached to an aromatic ring is 1. The third-order valence-corrected chi connectivity index (χ3v) is 4.66. The Bertz CT molecular complexity index is 871. The monoisotopic (exact) mass is 339 g/mol. The van der Waals surface area contributed by atoms with Crippen molar-refractivity contribution in [3.05, 3.63) is 70.2 Å². The number of nitrogens with zero attached hydrogens (tertiary/aromatic N) is 3. The maximum Gasteiger partial charge on any atom is 0.241 e.